The normalized spacial score (nSPS) is 17.7. The number of amides is 1. The van der Waals surface area contributed by atoms with Crippen LogP contribution in [0.4, 0.5) is 0 Å². The second-order valence-electron chi connectivity index (χ2n) is 9.45. The van der Waals surface area contributed by atoms with Crippen LogP contribution < -0.4 is 15.4 Å². The summed E-state index contributed by atoms with van der Waals surface area (Å²) in [5, 5.41) is 21.2. The second-order valence-corrected chi connectivity index (χ2v) is 9.86. The van der Waals surface area contributed by atoms with E-state index in [2.05, 4.69) is 59.0 Å². The minimum Gasteiger partial charge on any atom is -0.455 e. The molecule has 1 aliphatic heterocycles. The Morgan fingerprint density at radius 2 is 1.81 bits per heavy atom. The van der Waals surface area contributed by atoms with Crippen molar-refractivity contribution >= 4 is 17.5 Å². The molecule has 2 heterocycles. The van der Waals surface area contributed by atoms with Gasteiger partial charge in [0.05, 0.1) is 10.6 Å². The van der Waals surface area contributed by atoms with Gasteiger partial charge < -0.3 is 15.4 Å². The van der Waals surface area contributed by atoms with E-state index in [0.717, 1.165) is 12.8 Å². The van der Waals surface area contributed by atoms with E-state index in [1.165, 1.54) is 0 Å². The highest BCUT2D eigenvalue weighted by atomic mass is 35.5. The van der Waals surface area contributed by atoms with Crippen molar-refractivity contribution in [2.24, 2.45) is 0 Å². The van der Waals surface area contributed by atoms with Crippen molar-refractivity contribution in [2.75, 3.05) is 0 Å². The van der Waals surface area contributed by atoms with Crippen molar-refractivity contribution in [3.8, 4) is 22.9 Å². The van der Waals surface area contributed by atoms with Crippen LogP contribution in [-0.4, -0.2) is 43.7 Å². The van der Waals surface area contributed by atoms with E-state index < -0.39 is 0 Å². The summed E-state index contributed by atoms with van der Waals surface area (Å²) in [5.74, 6) is 1.24. The van der Waals surface area contributed by atoms with Crippen LogP contribution in [0.3, 0.4) is 0 Å². The number of piperidine rings is 1. The van der Waals surface area contributed by atoms with Gasteiger partial charge in [-0.3, -0.25) is 4.79 Å². The number of nitrogens with zero attached hydrogens (tertiary/aromatic N) is 3. The zero-order valence-electron chi connectivity index (χ0n) is 18.6. The third-order valence-electron chi connectivity index (χ3n) is 5.41. The van der Waals surface area contributed by atoms with Gasteiger partial charge in [-0.25, -0.2) is 0 Å². The number of tetrazole rings is 1. The van der Waals surface area contributed by atoms with Gasteiger partial charge in [0, 0.05) is 22.7 Å². The molecule has 8 nitrogen and oxygen atoms in total. The van der Waals surface area contributed by atoms with E-state index in [1.54, 1.807) is 24.3 Å². The van der Waals surface area contributed by atoms with Gasteiger partial charge in [-0.05, 0) is 76.1 Å². The molecule has 3 aromatic rings. The number of ether oxygens (including phenoxy) is 1. The van der Waals surface area contributed by atoms with E-state index in [9.17, 15) is 4.79 Å². The smallest absolute Gasteiger partial charge is 0.251 e. The molecule has 0 aliphatic carbocycles. The fraction of sp³-hybridized carbons (Fsp3) is 0.391. The van der Waals surface area contributed by atoms with Crippen LogP contribution in [0.5, 0.6) is 11.5 Å². The second kappa shape index (κ2) is 8.52. The van der Waals surface area contributed by atoms with Crippen LogP contribution in [0, 0.1) is 0 Å². The van der Waals surface area contributed by atoms with E-state index >= 15 is 0 Å². The summed E-state index contributed by atoms with van der Waals surface area (Å²) in [6.07, 6.45) is 1.70. The first-order chi connectivity index (χ1) is 15.1. The van der Waals surface area contributed by atoms with Crippen LogP contribution in [0.2, 0.25) is 5.02 Å². The predicted octanol–water partition coefficient (Wildman–Crippen LogP) is 4.35. The number of benzene rings is 2. The van der Waals surface area contributed by atoms with Gasteiger partial charge in [-0.1, -0.05) is 23.7 Å². The summed E-state index contributed by atoms with van der Waals surface area (Å²) in [4.78, 5) is 12.9. The molecular formula is C23H27ClN6O2. The van der Waals surface area contributed by atoms with Crippen LogP contribution in [-0.2, 0) is 0 Å². The lowest BCUT2D eigenvalue weighted by Crippen LogP contribution is -2.62. The van der Waals surface area contributed by atoms with Gasteiger partial charge in [0.2, 0.25) is 5.82 Å². The number of carbonyl (C=O) groups is 1. The Hall–Kier alpha value is -2.97. The molecule has 1 aromatic heterocycles. The van der Waals surface area contributed by atoms with Gasteiger partial charge in [-0.15, -0.1) is 10.2 Å². The lowest BCUT2D eigenvalue weighted by atomic mass is 9.79. The predicted molar refractivity (Wildman–Crippen MR) is 123 cm³/mol. The van der Waals surface area contributed by atoms with Crippen LogP contribution in [0.1, 0.15) is 50.9 Å². The molecule has 1 amide bonds. The molecule has 1 fully saturated rings. The molecule has 0 radical (unpaired) electrons. The zero-order valence-corrected chi connectivity index (χ0v) is 19.3. The number of carbonyl (C=O) groups excluding carboxylic acids is 1. The molecule has 2 aromatic carbocycles. The zero-order chi connectivity index (χ0) is 22.9. The first-order valence-corrected chi connectivity index (χ1v) is 10.9. The average Bonchev–Trinajstić information content (AvgIpc) is 3.22. The Bertz CT molecular complexity index is 1100. The van der Waals surface area contributed by atoms with E-state index in [0.29, 0.717) is 33.5 Å². The first-order valence-electron chi connectivity index (χ1n) is 10.5. The summed E-state index contributed by atoms with van der Waals surface area (Å²) in [6.45, 7) is 8.62. The highest BCUT2D eigenvalue weighted by Gasteiger charge is 2.38. The fourth-order valence-electron chi connectivity index (χ4n) is 4.55. The summed E-state index contributed by atoms with van der Waals surface area (Å²) in [5.41, 5.74) is 1.06. The van der Waals surface area contributed by atoms with Gasteiger partial charge >= 0.3 is 0 Å². The molecule has 0 bridgehead atoms. The number of hydrogen-bond acceptors (Lipinski definition) is 6. The Morgan fingerprint density at radius 1 is 1.09 bits per heavy atom. The lowest BCUT2D eigenvalue weighted by Gasteiger charge is -2.46. The maximum absolute atomic E-state index is 12.9. The quantitative estimate of drug-likeness (QED) is 0.529. The molecule has 0 saturated carbocycles. The Balaban J connectivity index is 1.49. The highest BCUT2D eigenvalue weighted by Crippen LogP contribution is 2.35. The molecule has 32 heavy (non-hydrogen) atoms. The van der Waals surface area contributed by atoms with E-state index in [1.807, 2.05) is 18.2 Å². The van der Waals surface area contributed by atoms with Gasteiger partial charge in [0.15, 0.2) is 0 Å². The monoisotopic (exact) mass is 454 g/mol. The third-order valence-corrected chi connectivity index (χ3v) is 5.71. The fourth-order valence-corrected chi connectivity index (χ4v) is 4.77. The largest absolute Gasteiger partial charge is 0.455 e. The standard InChI is InChI=1S/C23H27ClN6O2/c1-22(2)12-15(13-23(3,4)28-22)25-21(31)14-9-10-19(17(24)11-14)32-18-8-6-5-7-16(18)20-26-29-30-27-20/h5-11,15,28H,12-13H2,1-4H3,(H,25,31)(H,26,27,29,30). The number of para-hydroxylation sites is 1. The van der Waals surface area contributed by atoms with Gasteiger partial charge in [-0.2, -0.15) is 5.21 Å². The number of hydrogen-bond donors (Lipinski definition) is 3. The Labute approximate surface area is 192 Å². The van der Waals surface area contributed by atoms with Gasteiger partial charge in [0.1, 0.15) is 11.5 Å². The topological polar surface area (TPSA) is 105 Å². The number of rotatable bonds is 5. The third kappa shape index (κ3) is 5.08. The van der Waals surface area contributed by atoms with Crippen molar-refractivity contribution in [3.63, 3.8) is 0 Å². The summed E-state index contributed by atoms with van der Waals surface area (Å²) < 4.78 is 6.01. The number of aromatic nitrogens is 4. The van der Waals surface area contributed by atoms with Crippen molar-refractivity contribution in [1.82, 2.24) is 31.3 Å². The number of H-pyrrole nitrogens is 1. The molecule has 9 heteroatoms. The summed E-state index contributed by atoms with van der Waals surface area (Å²) >= 11 is 6.47. The molecule has 1 aliphatic rings. The maximum atomic E-state index is 12.9. The number of halogens is 1. The molecule has 0 unspecified atom stereocenters. The van der Waals surface area contributed by atoms with Crippen molar-refractivity contribution in [3.05, 3.63) is 53.1 Å². The molecule has 1 saturated heterocycles. The highest BCUT2D eigenvalue weighted by molar-refractivity contribution is 6.32. The number of aromatic amines is 1. The molecular weight excluding hydrogens is 428 g/mol. The SMILES string of the molecule is CC1(C)CC(NC(=O)c2ccc(Oc3ccccc3-c3nn[nH]n3)c(Cl)c2)CC(C)(C)N1. The van der Waals surface area contributed by atoms with Crippen LogP contribution in [0.25, 0.3) is 11.4 Å². The van der Waals surface area contributed by atoms with Crippen LogP contribution >= 0.6 is 11.6 Å². The Kier molecular flexibility index (Phi) is 5.92. The molecule has 0 atom stereocenters. The summed E-state index contributed by atoms with van der Waals surface area (Å²) in [6, 6.07) is 12.4. The Morgan fingerprint density at radius 3 is 2.47 bits per heavy atom. The first kappa shape index (κ1) is 22.2. The molecule has 4 rings (SSSR count). The average molecular weight is 455 g/mol. The molecule has 3 N–H and O–H groups in total. The minimum atomic E-state index is -0.149. The van der Waals surface area contributed by atoms with Crippen molar-refractivity contribution < 1.29 is 9.53 Å². The summed E-state index contributed by atoms with van der Waals surface area (Å²) in [7, 11) is 0. The van der Waals surface area contributed by atoms with Crippen molar-refractivity contribution in [2.45, 2.75) is 57.7 Å². The number of nitrogens with one attached hydrogen (secondary N) is 3. The maximum Gasteiger partial charge on any atom is 0.251 e. The van der Waals surface area contributed by atoms with E-state index in [-0.39, 0.29) is 23.0 Å². The van der Waals surface area contributed by atoms with Crippen molar-refractivity contribution in [1.29, 1.82) is 0 Å². The minimum absolute atomic E-state index is 0.0544. The van der Waals surface area contributed by atoms with Gasteiger partial charge in [0.25, 0.3) is 5.91 Å². The molecule has 0 spiro atoms. The van der Waals surface area contributed by atoms with Crippen LogP contribution in [0.15, 0.2) is 42.5 Å². The van der Waals surface area contributed by atoms with E-state index in [4.69, 9.17) is 16.3 Å². The lowest BCUT2D eigenvalue weighted by molar-refractivity contribution is 0.0873. The molecule has 168 valence electrons.